The van der Waals surface area contributed by atoms with Gasteiger partial charge in [0.2, 0.25) is 21.8 Å². The Kier molecular flexibility index (Phi) is 8.25. The number of halogens is 1. The Balaban J connectivity index is 2.35. The molecule has 30 heavy (non-hydrogen) atoms. The van der Waals surface area contributed by atoms with E-state index in [1.54, 1.807) is 31.2 Å². The first-order valence-corrected chi connectivity index (χ1v) is 12.3. The number of nitrogens with zero attached hydrogens (tertiary/aromatic N) is 2. The van der Waals surface area contributed by atoms with Crippen LogP contribution in [0.15, 0.2) is 48.5 Å². The van der Waals surface area contributed by atoms with Crippen LogP contribution in [-0.4, -0.2) is 51.0 Å². The quantitative estimate of drug-likeness (QED) is 0.519. The van der Waals surface area contributed by atoms with E-state index in [4.69, 9.17) is 0 Å². The van der Waals surface area contributed by atoms with Gasteiger partial charge in [0.15, 0.2) is 0 Å². The van der Waals surface area contributed by atoms with Gasteiger partial charge in [-0.15, -0.1) is 0 Å². The van der Waals surface area contributed by atoms with E-state index in [0.717, 1.165) is 25.3 Å². The van der Waals surface area contributed by atoms with Crippen LogP contribution in [0.4, 0.5) is 5.69 Å². The molecular weight excluding hydrogens is 517 g/mol. The number of likely N-dealkylation sites (N-methyl/N-ethyl adjacent to an activating group) is 1. The summed E-state index contributed by atoms with van der Waals surface area (Å²) in [4.78, 5) is 26.9. The van der Waals surface area contributed by atoms with Crippen molar-refractivity contribution in [3.8, 4) is 0 Å². The molecule has 1 unspecified atom stereocenters. The normalized spacial score (nSPS) is 12.2. The molecule has 0 bridgehead atoms. The molecule has 0 heterocycles. The van der Waals surface area contributed by atoms with E-state index in [2.05, 4.69) is 27.9 Å². The summed E-state index contributed by atoms with van der Waals surface area (Å²) in [5.74, 6) is -0.786. The molecule has 162 valence electrons. The molecule has 2 rings (SSSR count). The molecule has 7 nitrogen and oxygen atoms in total. The van der Waals surface area contributed by atoms with Crippen molar-refractivity contribution in [2.24, 2.45) is 0 Å². The summed E-state index contributed by atoms with van der Waals surface area (Å²) in [6.45, 7) is 3.38. The van der Waals surface area contributed by atoms with E-state index in [9.17, 15) is 18.0 Å². The molecule has 0 radical (unpaired) electrons. The molecule has 0 fully saturated rings. The number of hydrogen-bond acceptors (Lipinski definition) is 4. The van der Waals surface area contributed by atoms with Crippen LogP contribution in [0, 0.1) is 10.5 Å². The summed E-state index contributed by atoms with van der Waals surface area (Å²) in [6, 6.07) is 13.7. The van der Waals surface area contributed by atoms with Crippen LogP contribution in [0.3, 0.4) is 0 Å². The van der Waals surface area contributed by atoms with Crippen LogP contribution < -0.4 is 9.62 Å². The number of amides is 2. The van der Waals surface area contributed by atoms with E-state index < -0.39 is 28.5 Å². The number of nitrogens with one attached hydrogen (secondary N) is 1. The third-order valence-corrected chi connectivity index (χ3v) is 6.54. The van der Waals surface area contributed by atoms with E-state index >= 15 is 0 Å². The van der Waals surface area contributed by atoms with Crippen molar-refractivity contribution < 1.29 is 18.0 Å². The van der Waals surface area contributed by atoms with E-state index in [1.807, 2.05) is 31.2 Å². The molecule has 0 saturated carbocycles. The second-order valence-electron chi connectivity index (χ2n) is 7.04. The lowest BCUT2D eigenvalue weighted by molar-refractivity contribution is -0.139. The van der Waals surface area contributed by atoms with Crippen molar-refractivity contribution in [1.82, 2.24) is 10.2 Å². The first-order valence-electron chi connectivity index (χ1n) is 9.33. The summed E-state index contributed by atoms with van der Waals surface area (Å²) in [6.07, 6.45) is 1.06. The predicted molar refractivity (Wildman–Crippen MR) is 127 cm³/mol. The maximum absolute atomic E-state index is 13.2. The van der Waals surface area contributed by atoms with Crippen molar-refractivity contribution in [3.05, 3.63) is 63.2 Å². The lowest BCUT2D eigenvalue weighted by Gasteiger charge is -2.31. The monoisotopic (exact) mass is 543 g/mol. The summed E-state index contributed by atoms with van der Waals surface area (Å²) < 4.78 is 26.8. The largest absolute Gasteiger partial charge is 0.357 e. The molecule has 2 aromatic carbocycles. The number of carbonyl (C=O) groups excluding carboxylic acids is 2. The van der Waals surface area contributed by atoms with Gasteiger partial charge in [0.25, 0.3) is 0 Å². The zero-order valence-electron chi connectivity index (χ0n) is 17.4. The third kappa shape index (κ3) is 6.43. The van der Waals surface area contributed by atoms with Gasteiger partial charge in [-0.3, -0.25) is 13.9 Å². The molecule has 0 aromatic heterocycles. The Labute approximate surface area is 191 Å². The van der Waals surface area contributed by atoms with Gasteiger partial charge in [0.1, 0.15) is 12.6 Å². The number of anilines is 1. The van der Waals surface area contributed by atoms with Gasteiger partial charge < -0.3 is 10.2 Å². The molecule has 0 aliphatic heterocycles. The highest BCUT2D eigenvalue weighted by molar-refractivity contribution is 14.1. The standard InChI is InChI=1S/C21H26IN3O4S/c1-15-5-7-17(8-6-15)13-24(16(2)21(27)23-3)20(26)14-25(30(4,28)29)19-11-9-18(22)10-12-19/h5-12,16H,13-14H2,1-4H3,(H,23,27). The number of aryl methyl sites for hydroxylation is 1. The highest BCUT2D eigenvalue weighted by Gasteiger charge is 2.29. The van der Waals surface area contributed by atoms with E-state index in [0.29, 0.717) is 5.69 Å². The lowest BCUT2D eigenvalue weighted by Crippen LogP contribution is -2.50. The van der Waals surface area contributed by atoms with E-state index in [1.165, 1.54) is 11.9 Å². The Morgan fingerprint density at radius 3 is 2.13 bits per heavy atom. The van der Waals surface area contributed by atoms with Gasteiger partial charge in [0, 0.05) is 17.2 Å². The Hall–Kier alpha value is -2.14. The summed E-state index contributed by atoms with van der Waals surface area (Å²) >= 11 is 2.12. The molecule has 0 aliphatic rings. The van der Waals surface area contributed by atoms with Crippen molar-refractivity contribution in [2.75, 3.05) is 24.2 Å². The molecule has 9 heteroatoms. The summed E-state index contributed by atoms with van der Waals surface area (Å²) in [7, 11) is -2.20. The van der Waals surface area contributed by atoms with Gasteiger partial charge in [0.05, 0.1) is 11.9 Å². The van der Waals surface area contributed by atoms with Crippen molar-refractivity contribution in [2.45, 2.75) is 26.4 Å². The lowest BCUT2D eigenvalue weighted by atomic mass is 10.1. The maximum atomic E-state index is 13.2. The van der Waals surface area contributed by atoms with Gasteiger partial charge in [-0.2, -0.15) is 0 Å². The number of hydrogen-bond donors (Lipinski definition) is 1. The fraction of sp³-hybridized carbons (Fsp3) is 0.333. The van der Waals surface area contributed by atoms with Crippen LogP contribution >= 0.6 is 22.6 Å². The third-order valence-electron chi connectivity index (χ3n) is 4.68. The topological polar surface area (TPSA) is 86.8 Å². The average Bonchev–Trinajstić information content (AvgIpc) is 2.70. The molecule has 0 saturated heterocycles. The Bertz CT molecular complexity index is 992. The highest BCUT2D eigenvalue weighted by atomic mass is 127. The maximum Gasteiger partial charge on any atom is 0.244 e. The summed E-state index contributed by atoms with van der Waals surface area (Å²) in [5, 5.41) is 2.55. The smallest absolute Gasteiger partial charge is 0.244 e. The second kappa shape index (κ2) is 10.3. The number of sulfonamides is 1. The fourth-order valence-electron chi connectivity index (χ4n) is 2.90. The SMILES string of the molecule is CNC(=O)C(C)N(Cc1ccc(C)cc1)C(=O)CN(c1ccc(I)cc1)S(C)(=O)=O. The fourth-order valence-corrected chi connectivity index (χ4v) is 4.11. The number of carbonyl (C=O) groups is 2. The molecule has 2 amide bonds. The first-order chi connectivity index (χ1) is 14.0. The predicted octanol–water partition coefficient (Wildman–Crippen LogP) is 2.53. The van der Waals surface area contributed by atoms with Crippen molar-refractivity contribution >= 4 is 50.1 Å². The second-order valence-corrected chi connectivity index (χ2v) is 10.2. The summed E-state index contributed by atoms with van der Waals surface area (Å²) in [5.41, 5.74) is 2.33. The Morgan fingerprint density at radius 2 is 1.63 bits per heavy atom. The minimum absolute atomic E-state index is 0.192. The number of rotatable bonds is 8. The molecule has 2 aromatic rings. The molecule has 1 N–H and O–H groups in total. The van der Waals surface area contributed by atoms with Crippen LogP contribution in [0.2, 0.25) is 0 Å². The van der Waals surface area contributed by atoms with Crippen LogP contribution in [-0.2, 0) is 26.2 Å². The first kappa shape index (κ1) is 24.1. The minimum atomic E-state index is -3.71. The molecule has 0 aliphatic carbocycles. The molecule has 1 atom stereocenters. The van der Waals surface area contributed by atoms with Gasteiger partial charge in [-0.1, -0.05) is 29.8 Å². The molecule has 0 spiro atoms. The minimum Gasteiger partial charge on any atom is -0.357 e. The average molecular weight is 543 g/mol. The Morgan fingerprint density at radius 1 is 1.07 bits per heavy atom. The van der Waals surface area contributed by atoms with Gasteiger partial charge in [-0.25, -0.2) is 8.42 Å². The van der Waals surface area contributed by atoms with Gasteiger partial charge >= 0.3 is 0 Å². The van der Waals surface area contributed by atoms with Crippen LogP contribution in [0.5, 0.6) is 0 Å². The zero-order chi connectivity index (χ0) is 22.5. The highest BCUT2D eigenvalue weighted by Crippen LogP contribution is 2.20. The molecular formula is C21H26IN3O4S. The van der Waals surface area contributed by atoms with Crippen LogP contribution in [0.1, 0.15) is 18.1 Å². The number of benzene rings is 2. The van der Waals surface area contributed by atoms with Crippen LogP contribution in [0.25, 0.3) is 0 Å². The van der Waals surface area contributed by atoms with Crippen molar-refractivity contribution in [3.63, 3.8) is 0 Å². The zero-order valence-corrected chi connectivity index (χ0v) is 20.4. The van der Waals surface area contributed by atoms with Gasteiger partial charge in [-0.05, 0) is 66.3 Å². The van der Waals surface area contributed by atoms with E-state index in [-0.39, 0.29) is 12.5 Å². The van der Waals surface area contributed by atoms with Crippen molar-refractivity contribution in [1.29, 1.82) is 0 Å².